The van der Waals surface area contributed by atoms with Crippen molar-refractivity contribution in [1.29, 1.82) is 0 Å². The largest absolute Gasteiger partial charge is 0.461 e. The number of hydrogen-bond donors (Lipinski definition) is 1. The van der Waals surface area contributed by atoms with Gasteiger partial charge in [-0.1, -0.05) is 17.3 Å². The van der Waals surface area contributed by atoms with Crippen LogP contribution in [0.4, 0.5) is 11.4 Å². The summed E-state index contributed by atoms with van der Waals surface area (Å²) < 4.78 is 10.4. The van der Waals surface area contributed by atoms with Crippen LogP contribution in [-0.2, 0) is 11.2 Å². The smallest absolute Gasteiger partial charge is 0.238 e. The Bertz CT molecular complexity index is 867. The third kappa shape index (κ3) is 3.61. The number of furan rings is 1. The van der Waals surface area contributed by atoms with E-state index in [1.807, 2.05) is 18.2 Å². The van der Waals surface area contributed by atoms with Crippen molar-refractivity contribution in [2.75, 3.05) is 23.3 Å². The number of nitrogens with one attached hydrogen (secondary N) is 1. The van der Waals surface area contributed by atoms with Crippen molar-refractivity contribution in [2.24, 2.45) is 0 Å². The zero-order valence-electron chi connectivity index (χ0n) is 14.4. The predicted molar refractivity (Wildman–Crippen MR) is 96.8 cm³/mol. The summed E-state index contributed by atoms with van der Waals surface area (Å²) in [6, 6.07) is 11.4. The van der Waals surface area contributed by atoms with Gasteiger partial charge in [0.25, 0.3) is 0 Å². The highest BCUT2D eigenvalue weighted by molar-refractivity contribution is 5.94. The molecular weight excluding hydrogens is 332 g/mol. The molecule has 0 radical (unpaired) electrons. The number of rotatable bonds is 6. The molecule has 3 aromatic rings. The van der Waals surface area contributed by atoms with Crippen molar-refractivity contribution in [1.82, 2.24) is 10.1 Å². The summed E-state index contributed by atoms with van der Waals surface area (Å²) in [4.78, 5) is 18.9. The van der Waals surface area contributed by atoms with E-state index in [-0.39, 0.29) is 12.3 Å². The monoisotopic (exact) mass is 352 g/mol. The maximum atomic E-state index is 12.4. The average Bonchev–Trinajstić information content (AvgIpc) is 3.42. The first kappa shape index (κ1) is 16.4. The van der Waals surface area contributed by atoms with Crippen LogP contribution < -0.4 is 10.2 Å². The molecule has 1 aromatic carbocycles. The van der Waals surface area contributed by atoms with Crippen LogP contribution in [0.3, 0.4) is 0 Å². The Labute approximate surface area is 151 Å². The molecule has 134 valence electrons. The quantitative estimate of drug-likeness (QED) is 0.731. The third-order valence-electron chi connectivity index (χ3n) is 4.40. The fourth-order valence-electron chi connectivity index (χ4n) is 3.11. The van der Waals surface area contributed by atoms with Crippen LogP contribution >= 0.6 is 0 Å². The molecule has 26 heavy (non-hydrogen) atoms. The van der Waals surface area contributed by atoms with Gasteiger partial charge in [-0.3, -0.25) is 4.79 Å². The molecule has 0 aliphatic carbocycles. The number of para-hydroxylation sites is 2. The number of benzene rings is 1. The number of carbonyl (C=O) groups is 1. The first-order valence-corrected chi connectivity index (χ1v) is 8.80. The van der Waals surface area contributed by atoms with Gasteiger partial charge in [0, 0.05) is 25.9 Å². The second-order valence-corrected chi connectivity index (χ2v) is 6.25. The second-order valence-electron chi connectivity index (χ2n) is 6.25. The number of anilines is 2. The molecule has 1 aliphatic rings. The topological polar surface area (TPSA) is 84.4 Å². The van der Waals surface area contributed by atoms with Crippen molar-refractivity contribution in [2.45, 2.75) is 25.7 Å². The lowest BCUT2D eigenvalue weighted by molar-refractivity contribution is -0.116. The summed E-state index contributed by atoms with van der Waals surface area (Å²) in [5.74, 6) is 1.28. The Balaban J connectivity index is 1.36. The van der Waals surface area contributed by atoms with Crippen molar-refractivity contribution in [3.8, 4) is 11.6 Å². The minimum absolute atomic E-state index is 0.0746. The number of hydrogen-bond acceptors (Lipinski definition) is 6. The van der Waals surface area contributed by atoms with Crippen molar-refractivity contribution in [3.05, 3.63) is 48.6 Å². The van der Waals surface area contributed by atoms with Gasteiger partial charge < -0.3 is 19.2 Å². The highest BCUT2D eigenvalue weighted by Crippen LogP contribution is 2.28. The van der Waals surface area contributed by atoms with Crippen molar-refractivity contribution in [3.63, 3.8) is 0 Å². The molecule has 7 heteroatoms. The number of nitrogens with zero attached hydrogens (tertiary/aromatic N) is 3. The van der Waals surface area contributed by atoms with Crippen LogP contribution in [0.1, 0.15) is 25.2 Å². The highest BCUT2D eigenvalue weighted by atomic mass is 16.5. The molecule has 1 amide bonds. The Hall–Kier alpha value is -3.09. The molecule has 0 atom stereocenters. The fourth-order valence-corrected chi connectivity index (χ4v) is 3.11. The van der Waals surface area contributed by atoms with Gasteiger partial charge in [-0.15, -0.1) is 0 Å². The van der Waals surface area contributed by atoms with E-state index in [1.165, 1.54) is 12.8 Å². The van der Waals surface area contributed by atoms with E-state index in [0.717, 1.165) is 24.5 Å². The molecule has 2 aromatic heterocycles. The average molecular weight is 352 g/mol. The van der Waals surface area contributed by atoms with Gasteiger partial charge in [0.2, 0.25) is 17.6 Å². The summed E-state index contributed by atoms with van der Waals surface area (Å²) in [7, 11) is 0. The molecule has 0 saturated carbocycles. The summed E-state index contributed by atoms with van der Waals surface area (Å²) in [6.45, 7) is 2.06. The number of aromatic nitrogens is 2. The molecule has 0 bridgehead atoms. The molecule has 1 fully saturated rings. The molecule has 0 unspecified atom stereocenters. The van der Waals surface area contributed by atoms with Crippen LogP contribution in [0.15, 0.2) is 51.6 Å². The van der Waals surface area contributed by atoms with Gasteiger partial charge in [-0.05, 0) is 37.1 Å². The number of amides is 1. The summed E-state index contributed by atoms with van der Waals surface area (Å²) >= 11 is 0. The number of aryl methyl sites for hydroxylation is 1. The lowest BCUT2D eigenvalue weighted by Gasteiger charge is -2.21. The van der Waals surface area contributed by atoms with E-state index in [2.05, 4.69) is 26.4 Å². The summed E-state index contributed by atoms with van der Waals surface area (Å²) in [6.07, 6.45) is 4.59. The fraction of sp³-hybridized carbons (Fsp3) is 0.316. The predicted octanol–water partition coefficient (Wildman–Crippen LogP) is 3.50. The second kappa shape index (κ2) is 7.43. The standard InChI is InChI=1S/C19H20N4O3/c24-17(9-10-18-21-19(22-26-18)16-8-5-13-25-16)20-14-6-1-2-7-15(14)23-11-3-4-12-23/h1-2,5-8,13H,3-4,9-12H2,(H,20,24). The molecule has 1 N–H and O–H groups in total. The summed E-state index contributed by atoms with van der Waals surface area (Å²) in [5, 5.41) is 6.87. The third-order valence-corrected chi connectivity index (χ3v) is 4.40. The van der Waals surface area contributed by atoms with Crippen molar-refractivity contribution >= 4 is 17.3 Å². The van der Waals surface area contributed by atoms with Crippen LogP contribution in [0.2, 0.25) is 0 Å². The van der Waals surface area contributed by atoms with Crippen molar-refractivity contribution < 1.29 is 13.7 Å². The van der Waals surface area contributed by atoms with Crippen LogP contribution in [0.5, 0.6) is 0 Å². The maximum Gasteiger partial charge on any atom is 0.238 e. The van der Waals surface area contributed by atoms with E-state index in [4.69, 9.17) is 8.94 Å². The molecule has 7 nitrogen and oxygen atoms in total. The van der Waals surface area contributed by atoms with Gasteiger partial charge >= 0.3 is 0 Å². The lowest BCUT2D eigenvalue weighted by atomic mass is 10.2. The molecular formula is C19H20N4O3. The lowest BCUT2D eigenvalue weighted by Crippen LogP contribution is -2.21. The van der Waals surface area contributed by atoms with E-state index >= 15 is 0 Å². The number of carbonyl (C=O) groups excluding carboxylic acids is 1. The van der Waals surface area contributed by atoms with Crippen LogP contribution in [0.25, 0.3) is 11.6 Å². The van der Waals surface area contributed by atoms with Gasteiger partial charge in [-0.25, -0.2) is 0 Å². The minimum atomic E-state index is -0.0746. The van der Waals surface area contributed by atoms with E-state index in [9.17, 15) is 4.79 Å². The van der Waals surface area contributed by atoms with E-state index in [1.54, 1.807) is 18.4 Å². The van der Waals surface area contributed by atoms with Gasteiger partial charge in [0.05, 0.1) is 17.6 Å². The van der Waals surface area contributed by atoms with Crippen LogP contribution in [0, 0.1) is 0 Å². The Kier molecular flexibility index (Phi) is 4.68. The van der Waals surface area contributed by atoms with Gasteiger partial charge in [0.1, 0.15) is 0 Å². The molecule has 4 rings (SSSR count). The SMILES string of the molecule is O=C(CCc1nc(-c2ccco2)no1)Nc1ccccc1N1CCCC1. The molecule has 1 aliphatic heterocycles. The Morgan fingerprint density at radius 2 is 2.00 bits per heavy atom. The van der Waals surface area contributed by atoms with Gasteiger partial charge in [0.15, 0.2) is 5.76 Å². The summed E-state index contributed by atoms with van der Waals surface area (Å²) in [5.41, 5.74) is 1.93. The normalized spacial score (nSPS) is 13.9. The molecule has 3 heterocycles. The molecule has 0 spiro atoms. The first-order chi connectivity index (χ1) is 12.8. The first-order valence-electron chi connectivity index (χ1n) is 8.80. The minimum Gasteiger partial charge on any atom is -0.461 e. The highest BCUT2D eigenvalue weighted by Gasteiger charge is 2.17. The zero-order valence-corrected chi connectivity index (χ0v) is 14.4. The van der Waals surface area contributed by atoms with E-state index < -0.39 is 0 Å². The zero-order chi connectivity index (χ0) is 17.8. The maximum absolute atomic E-state index is 12.4. The van der Waals surface area contributed by atoms with Crippen LogP contribution in [-0.4, -0.2) is 29.1 Å². The van der Waals surface area contributed by atoms with E-state index in [0.29, 0.717) is 23.9 Å². The van der Waals surface area contributed by atoms with Gasteiger partial charge in [-0.2, -0.15) is 4.98 Å². The Morgan fingerprint density at radius 3 is 2.81 bits per heavy atom. The molecule has 1 saturated heterocycles. The Morgan fingerprint density at radius 1 is 1.15 bits per heavy atom.